The lowest BCUT2D eigenvalue weighted by atomic mass is 9.73. The maximum Gasteiger partial charge on any atom is 0.351 e. The largest absolute Gasteiger partial charge is 0.354 e. The predicted octanol–water partition coefficient (Wildman–Crippen LogP) is 5.27. The van der Waals surface area contributed by atoms with Crippen LogP contribution in [0.1, 0.15) is 60.6 Å². The van der Waals surface area contributed by atoms with Crippen molar-refractivity contribution in [3.8, 4) is 0 Å². The summed E-state index contributed by atoms with van der Waals surface area (Å²) in [7, 11) is 0. The van der Waals surface area contributed by atoms with E-state index in [9.17, 15) is 9.59 Å². The van der Waals surface area contributed by atoms with Crippen molar-refractivity contribution in [2.45, 2.75) is 66.7 Å². The number of nitrogens with one attached hydrogen (secondary N) is 2. The number of nitrogens with zero attached hydrogens (tertiary/aromatic N) is 2. The van der Waals surface area contributed by atoms with Gasteiger partial charge in [0.15, 0.2) is 0 Å². The first-order valence-electron chi connectivity index (χ1n) is 10.8. The summed E-state index contributed by atoms with van der Waals surface area (Å²) in [6.45, 7) is 13.3. The Kier molecular flexibility index (Phi) is 6.55. The number of urea groups is 1. The van der Waals surface area contributed by atoms with Crippen molar-refractivity contribution in [3.05, 3.63) is 53.1 Å². The summed E-state index contributed by atoms with van der Waals surface area (Å²) in [5, 5.41) is 5.31. The Morgan fingerprint density at radius 1 is 1.10 bits per heavy atom. The predicted molar refractivity (Wildman–Crippen MR) is 123 cm³/mol. The second-order valence-corrected chi connectivity index (χ2v) is 10.5. The highest BCUT2D eigenvalue weighted by Gasteiger charge is 2.44. The molecule has 168 valence electrons. The summed E-state index contributed by atoms with van der Waals surface area (Å²) < 4.78 is 7.90. The van der Waals surface area contributed by atoms with Gasteiger partial charge in [0.05, 0.1) is 6.10 Å². The summed E-state index contributed by atoms with van der Waals surface area (Å²) >= 11 is 0. The Bertz CT molecular complexity index is 957. The molecule has 3 atom stereocenters. The first-order valence-corrected chi connectivity index (χ1v) is 10.8. The Hall–Kier alpha value is -2.67. The molecule has 1 aliphatic heterocycles. The number of ether oxygens (including phenoxy) is 1. The van der Waals surface area contributed by atoms with E-state index in [1.807, 2.05) is 18.2 Å². The first kappa shape index (κ1) is 23.0. The molecule has 1 aromatic heterocycles. The standard InChI is InChI=1S/C24H34N4O3/c1-23(2,3)15-18-17(24(4,5)6)14-20(31-18)28-13-12-19(27-22(28)30)26-21(29)25-16-10-8-7-9-11-16/h7-13,17-18,20H,14-15H2,1-6H3,(H2,25,26,27,29,30)/t17-,18-,20-/m1/s1. The van der Waals surface area contributed by atoms with E-state index in [1.54, 1.807) is 24.4 Å². The minimum atomic E-state index is -0.453. The highest BCUT2D eigenvalue weighted by molar-refractivity contribution is 5.99. The van der Waals surface area contributed by atoms with Crippen molar-refractivity contribution < 1.29 is 9.53 Å². The van der Waals surface area contributed by atoms with Crippen LogP contribution in [0.3, 0.4) is 0 Å². The molecule has 31 heavy (non-hydrogen) atoms. The molecule has 0 saturated carbocycles. The van der Waals surface area contributed by atoms with Crippen LogP contribution in [0.2, 0.25) is 0 Å². The number of hydrogen-bond donors (Lipinski definition) is 2. The normalized spacial score (nSPS) is 21.7. The molecule has 1 aromatic carbocycles. The maximum atomic E-state index is 12.7. The lowest BCUT2D eigenvalue weighted by molar-refractivity contribution is -0.0341. The maximum absolute atomic E-state index is 12.7. The third-order valence-electron chi connectivity index (χ3n) is 5.58. The minimum Gasteiger partial charge on any atom is -0.354 e. The molecule has 1 saturated heterocycles. The Morgan fingerprint density at radius 3 is 2.35 bits per heavy atom. The summed E-state index contributed by atoms with van der Waals surface area (Å²) in [6, 6.07) is 10.3. The third kappa shape index (κ3) is 6.17. The van der Waals surface area contributed by atoms with Gasteiger partial charge in [-0.2, -0.15) is 4.98 Å². The van der Waals surface area contributed by atoms with Crippen molar-refractivity contribution >= 4 is 17.5 Å². The molecule has 0 aliphatic carbocycles. The lowest BCUT2D eigenvalue weighted by Gasteiger charge is -2.33. The van der Waals surface area contributed by atoms with Crippen LogP contribution in [0, 0.1) is 16.7 Å². The second kappa shape index (κ2) is 8.83. The Balaban J connectivity index is 1.72. The van der Waals surface area contributed by atoms with Crippen LogP contribution in [0.25, 0.3) is 0 Å². The number of anilines is 2. The lowest BCUT2D eigenvalue weighted by Crippen LogP contribution is -2.31. The molecule has 7 heteroatoms. The van der Waals surface area contributed by atoms with E-state index < -0.39 is 11.7 Å². The fourth-order valence-corrected chi connectivity index (χ4v) is 4.11. The zero-order valence-electron chi connectivity index (χ0n) is 19.3. The van der Waals surface area contributed by atoms with E-state index in [0.717, 1.165) is 12.8 Å². The third-order valence-corrected chi connectivity index (χ3v) is 5.58. The van der Waals surface area contributed by atoms with Crippen LogP contribution in [0.5, 0.6) is 0 Å². The number of carbonyl (C=O) groups excluding carboxylic acids is 1. The van der Waals surface area contributed by atoms with Crippen LogP contribution in [-0.4, -0.2) is 21.7 Å². The van der Waals surface area contributed by atoms with Gasteiger partial charge < -0.3 is 10.1 Å². The number of benzene rings is 1. The number of aromatic nitrogens is 2. The molecule has 2 N–H and O–H groups in total. The molecule has 1 fully saturated rings. The smallest absolute Gasteiger partial charge is 0.351 e. The van der Waals surface area contributed by atoms with E-state index in [-0.39, 0.29) is 29.0 Å². The van der Waals surface area contributed by atoms with Crippen molar-refractivity contribution in [1.29, 1.82) is 0 Å². The molecule has 3 rings (SSSR count). The fraction of sp³-hybridized carbons (Fsp3) is 0.542. The van der Waals surface area contributed by atoms with Crippen molar-refractivity contribution in [3.63, 3.8) is 0 Å². The first-order chi connectivity index (χ1) is 14.4. The van der Waals surface area contributed by atoms with Crippen LogP contribution in [0.15, 0.2) is 47.4 Å². The van der Waals surface area contributed by atoms with E-state index in [1.165, 1.54) is 4.57 Å². The summed E-state index contributed by atoms with van der Waals surface area (Å²) in [4.78, 5) is 28.9. The molecule has 2 heterocycles. The molecule has 0 bridgehead atoms. The number of carbonyl (C=O) groups is 1. The minimum absolute atomic E-state index is 0.0682. The molecule has 2 amide bonds. The van der Waals surface area contributed by atoms with Gasteiger partial charge in [-0.1, -0.05) is 59.7 Å². The van der Waals surface area contributed by atoms with Gasteiger partial charge >= 0.3 is 11.7 Å². The van der Waals surface area contributed by atoms with Crippen LogP contribution in [-0.2, 0) is 4.74 Å². The molecular formula is C24H34N4O3. The number of para-hydroxylation sites is 1. The molecular weight excluding hydrogens is 392 g/mol. The molecule has 1 aliphatic rings. The summed E-state index contributed by atoms with van der Waals surface area (Å²) in [5.74, 6) is 0.532. The van der Waals surface area contributed by atoms with Crippen molar-refractivity contribution in [1.82, 2.24) is 9.55 Å². The highest BCUT2D eigenvalue weighted by Crippen LogP contribution is 2.46. The van der Waals surface area contributed by atoms with Crippen molar-refractivity contribution in [2.75, 3.05) is 10.6 Å². The summed E-state index contributed by atoms with van der Waals surface area (Å²) in [5.41, 5.74) is 0.419. The van der Waals surface area contributed by atoms with Crippen LogP contribution < -0.4 is 16.3 Å². The van der Waals surface area contributed by atoms with Gasteiger partial charge in [-0.3, -0.25) is 9.88 Å². The van der Waals surface area contributed by atoms with Gasteiger partial charge in [-0.05, 0) is 47.8 Å². The zero-order chi connectivity index (χ0) is 22.8. The van der Waals surface area contributed by atoms with E-state index >= 15 is 0 Å². The summed E-state index contributed by atoms with van der Waals surface area (Å²) in [6.07, 6.45) is 3.05. The average molecular weight is 427 g/mol. The Labute approximate surface area is 184 Å². The monoisotopic (exact) mass is 426 g/mol. The van der Waals surface area contributed by atoms with Gasteiger partial charge in [0.1, 0.15) is 12.0 Å². The van der Waals surface area contributed by atoms with Gasteiger partial charge in [0, 0.05) is 11.9 Å². The van der Waals surface area contributed by atoms with Crippen LogP contribution >= 0.6 is 0 Å². The van der Waals surface area contributed by atoms with Gasteiger partial charge in [0.25, 0.3) is 0 Å². The SMILES string of the molecule is CC(C)(C)C[C@H]1O[C@@H](n2ccc(NC(=O)Nc3ccccc3)nc2=O)C[C@H]1C(C)(C)C. The molecule has 0 unspecified atom stereocenters. The quantitative estimate of drug-likeness (QED) is 0.697. The molecule has 7 nitrogen and oxygen atoms in total. The Morgan fingerprint density at radius 2 is 1.77 bits per heavy atom. The molecule has 0 radical (unpaired) electrons. The van der Waals surface area contributed by atoms with Gasteiger partial charge in [-0.25, -0.2) is 9.59 Å². The van der Waals surface area contributed by atoms with Crippen LogP contribution in [0.4, 0.5) is 16.3 Å². The highest BCUT2D eigenvalue weighted by atomic mass is 16.5. The van der Waals surface area contributed by atoms with E-state index in [4.69, 9.17) is 4.74 Å². The average Bonchev–Trinajstić information content (AvgIpc) is 3.04. The second-order valence-electron chi connectivity index (χ2n) is 10.5. The van der Waals surface area contributed by atoms with E-state index in [2.05, 4.69) is 57.2 Å². The van der Waals surface area contributed by atoms with E-state index in [0.29, 0.717) is 11.6 Å². The molecule has 0 spiro atoms. The van der Waals surface area contributed by atoms with Gasteiger partial charge in [0.2, 0.25) is 0 Å². The molecule has 2 aromatic rings. The number of amides is 2. The topological polar surface area (TPSA) is 85.2 Å². The number of rotatable bonds is 4. The zero-order valence-corrected chi connectivity index (χ0v) is 19.3. The van der Waals surface area contributed by atoms with Crippen molar-refractivity contribution in [2.24, 2.45) is 16.7 Å². The number of hydrogen-bond acceptors (Lipinski definition) is 4. The van der Waals surface area contributed by atoms with Gasteiger partial charge in [-0.15, -0.1) is 0 Å². The fourth-order valence-electron chi connectivity index (χ4n) is 4.11.